The van der Waals surface area contributed by atoms with Crippen molar-refractivity contribution in [2.75, 3.05) is 5.73 Å². The smallest absolute Gasteiger partial charge is 0.0359 e. The Hall–Kier alpha value is -1.80. The molecular weight excluding hydrogens is 244 g/mol. The van der Waals surface area contributed by atoms with Gasteiger partial charge in [0.2, 0.25) is 0 Å². The van der Waals surface area contributed by atoms with Gasteiger partial charge < -0.3 is 5.73 Å². The Morgan fingerprint density at radius 1 is 1.05 bits per heavy atom. The second-order valence-corrected chi connectivity index (χ2v) is 5.69. The molecule has 2 N–H and O–H groups in total. The number of rotatable bonds is 5. The molecule has 1 unspecified atom stereocenters. The quantitative estimate of drug-likeness (QED) is 0.829. The van der Waals surface area contributed by atoms with Gasteiger partial charge in [-0.1, -0.05) is 48.5 Å². The summed E-state index contributed by atoms with van der Waals surface area (Å²) in [6.45, 7) is 3.24. The van der Waals surface area contributed by atoms with Gasteiger partial charge in [-0.15, -0.1) is 0 Å². The number of nitrogen functional groups attached to an aromatic ring is 1. The number of nitrogens with two attached hydrogens (primary N) is 1. The van der Waals surface area contributed by atoms with Crippen LogP contribution in [0.4, 0.5) is 5.69 Å². The highest BCUT2D eigenvalue weighted by atomic mass is 15.2. The van der Waals surface area contributed by atoms with Crippen molar-refractivity contribution in [3.63, 3.8) is 0 Å². The van der Waals surface area contributed by atoms with E-state index in [1.807, 2.05) is 12.1 Å². The maximum Gasteiger partial charge on any atom is 0.0359 e. The van der Waals surface area contributed by atoms with Crippen LogP contribution >= 0.6 is 0 Å². The molecule has 2 heteroatoms. The van der Waals surface area contributed by atoms with Gasteiger partial charge in [0.05, 0.1) is 0 Å². The first-order chi connectivity index (χ1) is 9.75. The van der Waals surface area contributed by atoms with Crippen molar-refractivity contribution in [2.24, 2.45) is 0 Å². The molecule has 0 radical (unpaired) electrons. The minimum atomic E-state index is 0.434. The third-order valence-corrected chi connectivity index (χ3v) is 4.20. The van der Waals surface area contributed by atoms with Crippen LogP contribution in [0.1, 0.15) is 36.9 Å². The van der Waals surface area contributed by atoms with Crippen LogP contribution in [0.5, 0.6) is 0 Å². The molecule has 0 aromatic heterocycles. The van der Waals surface area contributed by atoms with Gasteiger partial charge >= 0.3 is 0 Å². The zero-order valence-electron chi connectivity index (χ0n) is 12.0. The van der Waals surface area contributed by atoms with Gasteiger partial charge in [0.25, 0.3) is 0 Å². The highest BCUT2D eigenvalue weighted by Gasteiger charge is 2.32. The predicted molar refractivity (Wildman–Crippen MR) is 84.3 cm³/mol. The van der Waals surface area contributed by atoms with Crippen LogP contribution in [0.3, 0.4) is 0 Å². The van der Waals surface area contributed by atoms with Gasteiger partial charge in [-0.05, 0) is 37.0 Å². The normalized spacial score (nSPS) is 16.3. The van der Waals surface area contributed by atoms with Crippen LogP contribution in [-0.2, 0) is 6.54 Å². The molecule has 1 atom stereocenters. The lowest BCUT2D eigenvalue weighted by Gasteiger charge is -2.30. The minimum absolute atomic E-state index is 0.434. The lowest BCUT2D eigenvalue weighted by atomic mass is 10.1. The largest absolute Gasteiger partial charge is 0.398 e. The van der Waals surface area contributed by atoms with E-state index in [4.69, 9.17) is 5.73 Å². The summed E-state index contributed by atoms with van der Waals surface area (Å²) in [5.41, 5.74) is 9.62. The first kappa shape index (κ1) is 13.2. The zero-order valence-corrected chi connectivity index (χ0v) is 12.0. The first-order valence-electron chi connectivity index (χ1n) is 7.40. The molecule has 1 aliphatic carbocycles. The number of anilines is 1. The second-order valence-electron chi connectivity index (χ2n) is 5.69. The Labute approximate surface area is 121 Å². The van der Waals surface area contributed by atoms with Crippen molar-refractivity contribution in [3.05, 3.63) is 65.7 Å². The van der Waals surface area contributed by atoms with E-state index in [2.05, 4.69) is 54.3 Å². The van der Waals surface area contributed by atoms with E-state index >= 15 is 0 Å². The fourth-order valence-corrected chi connectivity index (χ4v) is 2.79. The van der Waals surface area contributed by atoms with Crippen LogP contribution < -0.4 is 5.73 Å². The molecule has 2 nitrogen and oxygen atoms in total. The molecule has 1 saturated carbocycles. The van der Waals surface area contributed by atoms with Gasteiger partial charge in [0, 0.05) is 24.3 Å². The molecule has 0 spiro atoms. The second kappa shape index (κ2) is 5.68. The topological polar surface area (TPSA) is 29.3 Å². The van der Waals surface area contributed by atoms with Crippen LogP contribution in [0, 0.1) is 0 Å². The van der Waals surface area contributed by atoms with Gasteiger partial charge in [-0.25, -0.2) is 0 Å². The molecule has 2 aromatic rings. The summed E-state index contributed by atoms with van der Waals surface area (Å²) in [7, 11) is 0. The predicted octanol–water partition coefficient (Wildman–Crippen LogP) is 3.99. The fraction of sp³-hybridized carbons (Fsp3) is 0.333. The van der Waals surface area contributed by atoms with Gasteiger partial charge in [0.15, 0.2) is 0 Å². The standard InChI is InChI=1S/C18H22N2/c1-14(15-7-3-2-4-8-15)20(17-11-12-17)13-16-9-5-6-10-18(16)19/h2-10,14,17H,11-13,19H2,1H3. The van der Waals surface area contributed by atoms with Gasteiger partial charge in [-0.3, -0.25) is 4.90 Å². The molecule has 2 aromatic carbocycles. The third-order valence-electron chi connectivity index (χ3n) is 4.20. The van der Waals surface area contributed by atoms with E-state index in [1.54, 1.807) is 0 Å². The molecule has 20 heavy (non-hydrogen) atoms. The monoisotopic (exact) mass is 266 g/mol. The lowest BCUT2D eigenvalue weighted by Crippen LogP contribution is -2.29. The average molecular weight is 266 g/mol. The van der Waals surface area contributed by atoms with Crippen molar-refractivity contribution in [1.82, 2.24) is 4.90 Å². The number of hydrogen-bond donors (Lipinski definition) is 1. The molecular formula is C18H22N2. The molecule has 3 rings (SSSR count). The third kappa shape index (κ3) is 2.86. The summed E-state index contributed by atoms with van der Waals surface area (Å²) >= 11 is 0. The Balaban J connectivity index is 1.81. The maximum atomic E-state index is 6.10. The van der Waals surface area contributed by atoms with Crippen molar-refractivity contribution >= 4 is 5.69 Å². The Morgan fingerprint density at radius 2 is 1.70 bits per heavy atom. The van der Waals surface area contributed by atoms with Crippen LogP contribution in [0.25, 0.3) is 0 Å². The summed E-state index contributed by atoms with van der Waals surface area (Å²) in [5.74, 6) is 0. The van der Waals surface area contributed by atoms with Gasteiger partial charge in [0.1, 0.15) is 0 Å². The molecule has 104 valence electrons. The summed E-state index contributed by atoms with van der Waals surface area (Å²) < 4.78 is 0. The van der Waals surface area contributed by atoms with E-state index in [1.165, 1.54) is 24.0 Å². The minimum Gasteiger partial charge on any atom is -0.398 e. The lowest BCUT2D eigenvalue weighted by molar-refractivity contribution is 0.191. The van der Waals surface area contributed by atoms with Gasteiger partial charge in [-0.2, -0.15) is 0 Å². The first-order valence-corrected chi connectivity index (χ1v) is 7.40. The summed E-state index contributed by atoms with van der Waals surface area (Å²) in [6, 6.07) is 20.1. The number of hydrogen-bond acceptors (Lipinski definition) is 2. The van der Waals surface area contributed by atoms with E-state index in [0.717, 1.165) is 12.2 Å². The molecule has 1 aliphatic rings. The van der Waals surface area contributed by atoms with E-state index < -0.39 is 0 Å². The Bertz CT molecular complexity index is 561. The van der Waals surface area contributed by atoms with Crippen LogP contribution in [0.2, 0.25) is 0 Å². The zero-order chi connectivity index (χ0) is 13.9. The van der Waals surface area contributed by atoms with Crippen molar-refractivity contribution < 1.29 is 0 Å². The SMILES string of the molecule is CC(c1ccccc1)N(Cc1ccccc1N)C1CC1. The molecule has 0 saturated heterocycles. The van der Waals surface area contributed by atoms with Crippen LogP contribution in [-0.4, -0.2) is 10.9 Å². The molecule has 0 amide bonds. The molecule has 1 fully saturated rings. The Morgan fingerprint density at radius 3 is 2.35 bits per heavy atom. The molecule has 0 heterocycles. The summed E-state index contributed by atoms with van der Waals surface area (Å²) in [4.78, 5) is 2.58. The molecule has 0 bridgehead atoms. The highest BCUT2D eigenvalue weighted by molar-refractivity contribution is 5.46. The van der Waals surface area contributed by atoms with Crippen molar-refractivity contribution in [2.45, 2.75) is 38.4 Å². The number of nitrogens with zero attached hydrogens (tertiary/aromatic N) is 1. The maximum absolute atomic E-state index is 6.10. The number of benzene rings is 2. The Kier molecular flexibility index (Phi) is 3.75. The average Bonchev–Trinajstić information content (AvgIpc) is 3.31. The van der Waals surface area contributed by atoms with Crippen LogP contribution in [0.15, 0.2) is 54.6 Å². The van der Waals surface area contributed by atoms with E-state index in [9.17, 15) is 0 Å². The van der Waals surface area contributed by atoms with Crippen molar-refractivity contribution in [3.8, 4) is 0 Å². The fourth-order valence-electron chi connectivity index (χ4n) is 2.79. The number of para-hydroxylation sites is 1. The highest BCUT2D eigenvalue weighted by Crippen LogP contribution is 2.36. The van der Waals surface area contributed by atoms with E-state index in [-0.39, 0.29) is 0 Å². The molecule has 0 aliphatic heterocycles. The summed E-state index contributed by atoms with van der Waals surface area (Å²) in [6.07, 6.45) is 2.62. The summed E-state index contributed by atoms with van der Waals surface area (Å²) in [5, 5.41) is 0. The van der Waals surface area contributed by atoms with Crippen molar-refractivity contribution in [1.29, 1.82) is 0 Å². The van der Waals surface area contributed by atoms with E-state index in [0.29, 0.717) is 12.1 Å².